The molecule has 0 aliphatic heterocycles. The molecule has 2 rings (SSSR count). The van der Waals surface area contributed by atoms with Gasteiger partial charge in [-0.05, 0) is 18.9 Å². The Kier molecular flexibility index (Phi) is 3.40. The second-order valence-corrected chi connectivity index (χ2v) is 4.15. The van der Waals surface area contributed by atoms with Gasteiger partial charge in [-0.25, -0.2) is 0 Å². The van der Waals surface area contributed by atoms with Gasteiger partial charge in [-0.1, -0.05) is 6.42 Å². The summed E-state index contributed by atoms with van der Waals surface area (Å²) in [5.74, 6) is 0.324. The van der Waals surface area contributed by atoms with Gasteiger partial charge in [-0.3, -0.25) is 10.1 Å². The average Bonchev–Trinajstić information content (AvgIpc) is 2.95. The highest BCUT2D eigenvalue weighted by molar-refractivity contribution is 5.17. The van der Waals surface area contributed by atoms with Crippen LogP contribution in [0, 0.1) is 27.4 Å². The maximum absolute atomic E-state index is 10.4. The number of hydrogen-bond acceptors (Lipinski definition) is 5. The van der Waals surface area contributed by atoms with Crippen LogP contribution in [0.25, 0.3) is 0 Å². The Hall–Kier alpha value is -1.87. The SMILES string of the molecule is N#CC1CCCC1NCc1ccc([N+](=O)[O-])o1. The summed E-state index contributed by atoms with van der Waals surface area (Å²) in [7, 11) is 0. The molecule has 1 heterocycles. The smallest absolute Gasteiger partial charge is 0.404 e. The minimum atomic E-state index is -0.558. The van der Waals surface area contributed by atoms with Crippen LogP contribution < -0.4 is 5.32 Å². The largest absolute Gasteiger partial charge is 0.433 e. The third kappa shape index (κ3) is 2.63. The molecule has 2 unspecified atom stereocenters. The van der Waals surface area contributed by atoms with E-state index in [-0.39, 0.29) is 17.8 Å². The van der Waals surface area contributed by atoms with Crippen LogP contribution >= 0.6 is 0 Å². The molecule has 0 amide bonds. The van der Waals surface area contributed by atoms with E-state index in [0.717, 1.165) is 19.3 Å². The summed E-state index contributed by atoms with van der Waals surface area (Å²) in [4.78, 5) is 9.86. The van der Waals surface area contributed by atoms with Crippen molar-refractivity contribution in [1.29, 1.82) is 5.26 Å². The van der Waals surface area contributed by atoms with Crippen LogP contribution in [-0.4, -0.2) is 11.0 Å². The van der Waals surface area contributed by atoms with Crippen molar-refractivity contribution < 1.29 is 9.34 Å². The molecule has 1 fully saturated rings. The number of nitrogens with zero attached hydrogens (tertiary/aromatic N) is 2. The van der Waals surface area contributed by atoms with E-state index in [0.29, 0.717) is 12.3 Å². The number of hydrogen-bond donors (Lipinski definition) is 1. The first-order valence-electron chi connectivity index (χ1n) is 5.57. The van der Waals surface area contributed by atoms with Crippen LogP contribution in [0.1, 0.15) is 25.0 Å². The molecule has 0 radical (unpaired) electrons. The predicted octanol–water partition coefficient (Wildman–Crippen LogP) is 1.97. The van der Waals surface area contributed by atoms with E-state index < -0.39 is 4.92 Å². The molecule has 0 spiro atoms. The Balaban J connectivity index is 1.89. The first-order valence-corrected chi connectivity index (χ1v) is 5.57. The molecule has 0 aromatic carbocycles. The summed E-state index contributed by atoms with van der Waals surface area (Å²) in [5.41, 5.74) is 0. The lowest BCUT2D eigenvalue weighted by Gasteiger charge is -2.13. The topological polar surface area (TPSA) is 92.1 Å². The van der Waals surface area contributed by atoms with Gasteiger partial charge in [-0.2, -0.15) is 5.26 Å². The molecule has 1 aliphatic carbocycles. The van der Waals surface area contributed by atoms with Gasteiger partial charge in [-0.15, -0.1) is 0 Å². The van der Waals surface area contributed by atoms with E-state index in [1.54, 1.807) is 6.07 Å². The third-order valence-electron chi connectivity index (χ3n) is 3.05. The monoisotopic (exact) mass is 235 g/mol. The van der Waals surface area contributed by atoms with E-state index in [1.807, 2.05) is 0 Å². The van der Waals surface area contributed by atoms with Crippen molar-refractivity contribution in [3.63, 3.8) is 0 Å². The Morgan fingerprint density at radius 1 is 1.59 bits per heavy atom. The van der Waals surface area contributed by atoms with Gasteiger partial charge in [0.15, 0.2) is 0 Å². The highest BCUT2D eigenvalue weighted by Crippen LogP contribution is 2.25. The van der Waals surface area contributed by atoms with Crippen molar-refractivity contribution in [1.82, 2.24) is 5.32 Å². The maximum Gasteiger partial charge on any atom is 0.433 e. The fourth-order valence-electron chi connectivity index (χ4n) is 2.15. The van der Waals surface area contributed by atoms with Crippen molar-refractivity contribution in [3.05, 3.63) is 28.0 Å². The second-order valence-electron chi connectivity index (χ2n) is 4.15. The Bertz CT molecular complexity index is 449. The maximum atomic E-state index is 10.4. The molecule has 1 aromatic rings. The fraction of sp³-hybridized carbons (Fsp3) is 0.545. The first-order chi connectivity index (χ1) is 8.20. The summed E-state index contributed by atoms with van der Waals surface area (Å²) < 4.78 is 5.03. The molecule has 0 saturated heterocycles. The molecule has 0 bridgehead atoms. The number of nitrogens with one attached hydrogen (secondary N) is 1. The van der Waals surface area contributed by atoms with Crippen LogP contribution in [0.4, 0.5) is 5.88 Å². The molecule has 90 valence electrons. The summed E-state index contributed by atoms with van der Waals surface area (Å²) in [6.07, 6.45) is 2.95. The normalized spacial score (nSPS) is 23.5. The zero-order valence-electron chi connectivity index (χ0n) is 9.26. The lowest BCUT2D eigenvalue weighted by molar-refractivity contribution is -0.402. The molecule has 6 heteroatoms. The average molecular weight is 235 g/mol. The second kappa shape index (κ2) is 4.97. The van der Waals surface area contributed by atoms with Crippen molar-refractivity contribution >= 4 is 5.88 Å². The molecule has 2 atom stereocenters. The molecule has 1 aromatic heterocycles. The molecular formula is C11H13N3O3. The van der Waals surface area contributed by atoms with E-state index in [4.69, 9.17) is 9.68 Å². The standard InChI is InChI=1S/C11H13N3O3/c12-6-8-2-1-3-10(8)13-7-9-4-5-11(17-9)14(15)16/h4-5,8,10,13H,1-3,7H2. The van der Waals surface area contributed by atoms with Crippen LogP contribution in [0.3, 0.4) is 0 Å². The number of furan rings is 1. The minimum absolute atomic E-state index is 0.0416. The van der Waals surface area contributed by atoms with E-state index in [1.165, 1.54) is 6.07 Å². The van der Waals surface area contributed by atoms with Gasteiger partial charge in [0.25, 0.3) is 0 Å². The predicted molar refractivity (Wildman–Crippen MR) is 58.9 cm³/mol. The molecular weight excluding hydrogens is 222 g/mol. The first kappa shape index (κ1) is 11.6. The van der Waals surface area contributed by atoms with Gasteiger partial charge < -0.3 is 9.73 Å². The number of nitriles is 1. The van der Waals surface area contributed by atoms with Crippen molar-refractivity contribution in [3.8, 4) is 6.07 Å². The van der Waals surface area contributed by atoms with E-state index in [2.05, 4.69) is 11.4 Å². The zero-order valence-corrected chi connectivity index (χ0v) is 9.26. The van der Waals surface area contributed by atoms with Gasteiger partial charge >= 0.3 is 5.88 Å². The van der Waals surface area contributed by atoms with Gasteiger partial charge in [0.05, 0.1) is 24.6 Å². The Labute approximate surface area is 98.4 Å². The zero-order chi connectivity index (χ0) is 12.3. The van der Waals surface area contributed by atoms with Crippen molar-refractivity contribution in [2.24, 2.45) is 5.92 Å². The van der Waals surface area contributed by atoms with E-state index >= 15 is 0 Å². The van der Waals surface area contributed by atoms with Crippen molar-refractivity contribution in [2.75, 3.05) is 0 Å². The summed E-state index contributed by atoms with van der Waals surface area (Å²) in [5, 5.41) is 22.5. The van der Waals surface area contributed by atoms with Gasteiger partial charge in [0, 0.05) is 6.04 Å². The molecule has 1 saturated carbocycles. The highest BCUT2D eigenvalue weighted by atomic mass is 16.6. The van der Waals surface area contributed by atoms with Gasteiger partial charge in [0.2, 0.25) is 0 Å². The van der Waals surface area contributed by atoms with Crippen LogP contribution in [0.15, 0.2) is 16.5 Å². The minimum Gasteiger partial charge on any atom is -0.404 e. The molecule has 17 heavy (non-hydrogen) atoms. The number of rotatable bonds is 4. The Morgan fingerprint density at radius 3 is 3.06 bits per heavy atom. The van der Waals surface area contributed by atoms with Crippen LogP contribution in [-0.2, 0) is 6.54 Å². The Morgan fingerprint density at radius 2 is 2.41 bits per heavy atom. The van der Waals surface area contributed by atoms with Crippen LogP contribution in [0.5, 0.6) is 0 Å². The number of nitro groups is 1. The summed E-state index contributed by atoms with van der Waals surface area (Å²) >= 11 is 0. The fourth-order valence-corrected chi connectivity index (χ4v) is 2.15. The third-order valence-corrected chi connectivity index (χ3v) is 3.05. The highest BCUT2D eigenvalue weighted by Gasteiger charge is 2.26. The quantitative estimate of drug-likeness (QED) is 0.636. The van der Waals surface area contributed by atoms with Gasteiger partial charge in [0.1, 0.15) is 10.7 Å². The van der Waals surface area contributed by atoms with E-state index in [9.17, 15) is 10.1 Å². The molecule has 6 nitrogen and oxygen atoms in total. The summed E-state index contributed by atoms with van der Waals surface area (Å²) in [6, 6.07) is 5.37. The van der Waals surface area contributed by atoms with Crippen molar-refractivity contribution in [2.45, 2.75) is 31.8 Å². The molecule has 1 N–H and O–H groups in total. The van der Waals surface area contributed by atoms with Crippen LogP contribution in [0.2, 0.25) is 0 Å². The lowest BCUT2D eigenvalue weighted by atomic mass is 10.1. The summed E-state index contributed by atoms with van der Waals surface area (Å²) in [6.45, 7) is 0.427. The molecule has 1 aliphatic rings. The lowest BCUT2D eigenvalue weighted by Crippen LogP contribution is -2.31.